The Balaban J connectivity index is 1.32. The number of nitrogens with one attached hydrogen (secondary N) is 1. The van der Waals surface area contributed by atoms with Crippen LogP contribution in [-0.4, -0.2) is 23.9 Å². The van der Waals surface area contributed by atoms with Crippen LogP contribution in [-0.2, 0) is 34.8 Å². The monoisotopic (exact) mass is 572 g/mol. The number of carbonyl (C=O) groups excluding carboxylic acids is 1. The van der Waals surface area contributed by atoms with E-state index in [1.165, 1.54) is 12.1 Å². The van der Waals surface area contributed by atoms with E-state index < -0.39 is 16.1 Å². The van der Waals surface area contributed by atoms with Crippen molar-refractivity contribution in [1.82, 2.24) is 14.3 Å². The topological polar surface area (TPSA) is 84.3 Å². The zero-order valence-corrected chi connectivity index (χ0v) is 23.6. The highest BCUT2D eigenvalue weighted by atomic mass is 35.5. The van der Waals surface area contributed by atoms with E-state index >= 15 is 0 Å². The molecule has 1 aromatic heterocycles. The summed E-state index contributed by atoms with van der Waals surface area (Å²) >= 11 is 5.97. The number of allylic oxidation sites excluding steroid dienone is 1. The highest BCUT2D eigenvalue weighted by Gasteiger charge is 2.36. The first-order valence-corrected chi connectivity index (χ1v) is 15.1. The molecule has 0 saturated heterocycles. The maximum atomic E-state index is 13.9. The standard InChI is InChI=1S/C31H29ClN4O3S/c1-35-17-16-33-30(35)20-36(31(37)28-19-26(28)21-6-3-2-4-7-21)24-13-10-22-8-5-9-29(27(22)18-24)34-40(38,39)25-14-11-23(32)12-15-25/h2-4,6-7,10-19,26,29,34H,5,8-9,20H2,1H3/t26-,29-/m0/s1. The van der Waals surface area contributed by atoms with Crippen LogP contribution in [0.2, 0.25) is 5.02 Å². The van der Waals surface area contributed by atoms with E-state index in [2.05, 4.69) is 9.71 Å². The Bertz CT molecular complexity index is 1700. The van der Waals surface area contributed by atoms with Crippen LogP contribution in [0, 0.1) is 0 Å². The molecule has 0 unspecified atom stereocenters. The molecule has 1 N–H and O–H groups in total. The van der Waals surface area contributed by atoms with E-state index in [0.29, 0.717) is 23.7 Å². The van der Waals surface area contributed by atoms with Crippen molar-refractivity contribution in [2.45, 2.75) is 42.7 Å². The summed E-state index contributed by atoms with van der Waals surface area (Å²) in [7, 11) is -1.86. The van der Waals surface area contributed by atoms with Crippen molar-refractivity contribution < 1.29 is 13.2 Å². The second kappa shape index (κ2) is 10.7. The zero-order chi connectivity index (χ0) is 27.9. The van der Waals surface area contributed by atoms with Crippen LogP contribution < -0.4 is 9.62 Å². The summed E-state index contributed by atoms with van der Waals surface area (Å²) in [5.74, 6) is 0.670. The Morgan fingerprint density at radius 1 is 1.10 bits per heavy atom. The van der Waals surface area contributed by atoms with Gasteiger partial charge < -0.3 is 9.47 Å². The number of hydrogen-bond donors (Lipinski definition) is 1. The van der Waals surface area contributed by atoms with Gasteiger partial charge in [-0.2, -0.15) is 0 Å². The number of imidazole rings is 1. The zero-order valence-electron chi connectivity index (χ0n) is 22.0. The SMILES string of the molecule is Cn1ccnc1CN(C(=O)C1=C[C@H]1c1ccccc1)c1ccc2c(c1)[C@@H](NS(=O)(=O)c1ccc(Cl)cc1)CCC2. The molecule has 40 heavy (non-hydrogen) atoms. The first-order chi connectivity index (χ1) is 19.3. The van der Waals surface area contributed by atoms with Crippen molar-refractivity contribution in [3.63, 3.8) is 0 Å². The van der Waals surface area contributed by atoms with Crippen molar-refractivity contribution in [3.8, 4) is 0 Å². The number of carbonyl (C=O) groups is 1. The lowest BCUT2D eigenvalue weighted by atomic mass is 9.87. The molecule has 9 heteroatoms. The Labute approximate surface area is 239 Å². The van der Waals surface area contributed by atoms with Crippen LogP contribution in [0.4, 0.5) is 5.69 Å². The predicted molar refractivity (Wildman–Crippen MR) is 156 cm³/mol. The van der Waals surface area contributed by atoms with Gasteiger partial charge in [-0.05, 0) is 72.4 Å². The number of hydrogen-bond acceptors (Lipinski definition) is 4. The number of rotatable bonds is 8. The van der Waals surface area contributed by atoms with E-state index in [0.717, 1.165) is 40.9 Å². The molecule has 204 valence electrons. The van der Waals surface area contributed by atoms with Crippen molar-refractivity contribution in [2.24, 2.45) is 7.05 Å². The number of anilines is 1. The maximum absolute atomic E-state index is 13.9. The molecular weight excluding hydrogens is 544 g/mol. The third-order valence-electron chi connectivity index (χ3n) is 7.62. The molecule has 2 aliphatic rings. The molecule has 0 aliphatic heterocycles. The highest BCUT2D eigenvalue weighted by Crippen LogP contribution is 2.42. The summed E-state index contributed by atoms with van der Waals surface area (Å²) in [5.41, 5.74) is 4.52. The van der Waals surface area contributed by atoms with E-state index in [1.54, 1.807) is 23.2 Å². The normalized spacial score (nSPS) is 18.1. The Hall–Kier alpha value is -3.72. The number of aromatic nitrogens is 2. The van der Waals surface area contributed by atoms with Gasteiger partial charge in [0.25, 0.3) is 5.91 Å². The van der Waals surface area contributed by atoms with Crippen molar-refractivity contribution in [3.05, 3.63) is 124 Å². The predicted octanol–water partition coefficient (Wildman–Crippen LogP) is 5.69. The number of nitrogens with zero attached hydrogens (tertiary/aromatic N) is 3. The van der Waals surface area contributed by atoms with E-state index in [9.17, 15) is 13.2 Å². The first-order valence-electron chi connectivity index (χ1n) is 13.3. The van der Waals surface area contributed by atoms with Gasteiger partial charge in [-0.3, -0.25) is 4.79 Å². The molecule has 3 aromatic carbocycles. The molecule has 0 fully saturated rings. The molecular formula is C31H29ClN4O3S. The lowest BCUT2D eigenvalue weighted by Gasteiger charge is -2.29. The van der Waals surface area contributed by atoms with Gasteiger partial charge in [0.1, 0.15) is 5.82 Å². The molecule has 0 spiro atoms. The number of halogens is 1. The van der Waals surface area contributed by atoms with E-state index in [4.69, 9.17) is 11.6 Å². The summed E-state index contributed by atoms with van der Waals surface area (Å²) in [6, 6.07) is 21.6. The fraction of sp³-hybridized carbons (Fsp3) is 0.226. The van der Waals surface area contributed by atoms with Gasteiger partial charge in [-0.25, -0.2) is 18.1 Å². The molecule has 4 aromatic rings. The third kappa shape index (κ3) is 5.35. The number of aryl methyl sites for hydroxylation is 2. The maximum Gasteiger partial charge on any atom is 0.255 e. The lowest BCUT2D eigenvalue weighted by molar-refractivity contribution is -0.115. The lowest BCUT2D eigenvalue weighted by Crippen LogP contribution is -2.33. The van der Waals surface area contributed by atoms with E-state index in [1.807, 2.05) is 72.4 Å². The average molecular weight is 573 g/mol. The smallest absolute Gasteiger partial charge is 0.255 e. The van der Waals surface area contributed by atoms with Crippen LogP contribution in [0.3, 0.4) is 0 Å². The molecule has 2 aliphatic carbocycles. The van der Waals surface area contributed by atoms with E-state index in [-0.39, 0.29) is 16.7 Å². The van der Waals surface area contributed by atoms with Crippen molar-refractivity contribution in [1.29, 1.82) is 0 Å². The van der Waals surface area contributed by atoms with Crippen LogP contribution in [0.5, 0.6) is 0 Å². The second-order valence-electron chi connectivity index (χ2n) is 10.3. The summed E-state index contributed by atoms with van der Waals surface area (Å²) in [5, 5.41) is 0.476. The minimum absolute atomic E-state index is 0.00543. The molecule has 0 saturated carbocycles. The van der Waals surface area contributed by atoms with Gasteiger partial charge in [0, 0.05) is 47.7 Å². The summed E-state index contributed by atoms with van der Waals surface area (Å²) in [4.78, 5) is 20.3. The molecule has 0 bridgehead atoms. The molecule has 0 radical (unpaired) electrons. The number of fused-ring (bicyclic) bond motifs is 1. The Morgan fingerprint density at radius 2 is 1.88 bits per heavy atom. The number of amides is 1. The average Bonchev–Trinajstić information content (AvgIpc) is 3.66. The van der Waals surface area contributed by atoms with Crippen LogP contribution in [0.25, 0.3) is 0 Å². The fourth-order valence-electron chi connectivity index (χ4n) is 5.34. The highest BCUT2D eigenvalue weighted by molar-refractivity contribution is 7.89. The number of sulfonamides is 1. The van der Waals surface area contributed by atoms with Gasteiger partial charge in [0.15, 0.2) is 0 Å². The minimum atomic E-state index is -3.77. The Kier molecular flexibility index (Phi) is 7.08. The number of benzene rings is 3. The van der Waals surface area contributed by atoms with Crippen molar-refractivity contribution >= 4 is 33.2 Å². The minimum Gasteiger partial charge on any atom is -0.337 e. The first kappa shape index (κ1) is 26.5. The third-order valence-corrected chi connectivity index (χ3v) is 9.36. The van der Waals surface area contributed by atoms with Crippen LogP contribution in [0.15, 0.2) is 102 Å². The van der Waals surface area contributed by atoms with Gasteiger partial charge in [-0.15, -0.1) is 0 Å². The van der Waals surface area contributed by atoms with Crippen molar-refractivity contribution in [2.75, 3.05) is 4.90 Å². The molecule has 1 heterocycles. The summed E-state index contributed by atoms with van der Waals surface area (Å²) in [6.07, 6.45) is 7.94. The van der Waals surface area contributed by atoms with Gasteiger partial charge in [0.05, 0.1) is 11.4 Å². The van der Waals surface area contributed by atoms with Gasteiger partial charge in [0.2, 0.25) is 10.0 Å². The Morgan fingerprint density at radius 3 is 2.60 bits per heavy atom. The second-order valence-corrected chi connectivity index (χ2v) is 12.4. The summed E-state index contributed by atoms with van der Waals surface area (Å²) < 4.78 is 31.3. The van der Waals surface area contributed by atoms with Crippen LogP contribution >= 0.6 is 11.6 Å². The largest absolute Gasteiger partial charge is 0.337 e. The fourth-order valence-corrected chi connectivity index (χ4v) is 6.72. The van der Waals surface area contributed by atoms with Gasteiger partial charge >= 0.3 is 0 Å². The molecule has 2 atom stereocenters. The molecule has 6 rings (SSSR count). The van der Waals surface area contributed by atoms with Gasteiger partial charge in [-0.1, -0.05) is 54.1 Å². The summed E-state index contributed by atoms with van der Waals surface area (Å²) in [6.45, 7) is 0.293. The van der Waals surface area contributed by atoms with Crippen LogP contribution in [0.1, 0.15) is 47.3 Å². The molecule has 1 amide bonds. The molecule has 7 nitrogen and oxygen atoms in total. The quantitative estimate of drug-likeness (QED) is 0.294.